The first kappa shape index (κ1) is 12.0. The molecule has 2 heteroatoms. The molecule has 2 atom stereocenters. The van der Waals surface area contributed by atoms with Gasteiger partial charge in [-0.2, -0.15) is 0 Å². The van der Waals surface area contributed by atoms with E-state index in [9.17, 15) is 0 Å². The van der Waals surface area contributed by atoms with E-state index in [1.54, 1.807) is 7.11 Å². The predicted molar refractivity (Wildman–Crippen MR) is 74.3 cm³/mol. The number of nitrogens with zero attached hydrogens (tertiary/aromatic N) is 1. The highest BCUT2D eigenvalue weighted by Crippen LogP contribution is 2.41. The molecule has 0 amide bonds. The van der Waals surface area contributed by atoms with Crippen LogP contribution < -0.4 is 4.74 Å². The smallest absolute Gasteiger partial charge is 0.122 e. The minimum atomic E-state index is 0.620. The summed E-state index contributed by atoms with van der Waals surface area (Å²) in [5.74, 6) is 1.70. The first-order valence-corrected chi connectivity index (χ1v) is 7.10. The Morgan fingerprint density at radius 3 is 2.67 bits per heavy atom. The molecular formula is C16H23NO. The number of fused-ring (bicyclic) bond motifs is 1. The molecule has 0 spiro atoms. The maximum absolute atomic E-state index is 5.50. The van der Waals surface area contributed by atoms with E-state index in [1.807, 2.05) is 0 Å². The topological polar surface area (TPSA) is 12.5 Å². The molecule has 0 aromatic heterocycles. The minimum absolute atomic E-state index is 0.620. The Morgan fingerprint density at radius 2 is 2.00 bits per heavy atom. The average molecular weight is 245 g/mol. The zero-order chi connectivity index (χ0) is 12.7. The monoisotopic (exact) mass is 245 g/mol. The van der Waals surface area contributed by atoms with Crippen molar-refractivity contribution in [2.75, 3.05) is 14.2 Å². The molecule has 3 rings (SSSR count). The van der Waals surface area contributed by atoms with Crippen LogP contribution in [0.15, 0.2) is 18.2 Å². The van der Waals surface area contributed by atoms with Gasteiger partial charge in [-0.15, -0.1) is 0 Å². The Morgan fingerprint density at radius 1 is 1.22 bits per heavy atom. The van der Waals surface area contributed by atoms with Crippen LogP contribution in [0.2, 0.25) is 0 Å². The third kappa shape index (κ3) is 1.93. The van der Waals surface area contributed by atoms with E-state index in [0.717, 1.165) is 18.2 Å². The highest BCUT2D eigenvalue weighted by atomic mass is 16.5. The molecule has 0 heterocycles. The second-order valence-electron chi connectivity index (χ2n) is 5.82. The first-order valence-electron chi connectivity index (χ1n) is 7.10. The molecular weight excluding hydrogens is 222 g/mol. The molecule has 0 N–H and O–H groups in total. The van der Waals surface area contributed by atoms with Crippen LogP contribution in [0.25, 0.3) is 0 Å². The minimum Gasteiger partial charge on any atom is -0.496 e. The number of rotatable bonds is 3. The van der Waals surface area contributed by atoms with E-state index < -0.39 is 0 Å². The van der Waals surface area contributed by atoms with Crippen molar-refractivity contribution < 1.29 is 4.74 Å². The number of ether oxygens (including phenoxy) is 1. The van der Waals surface area contributed by atoms with Gasteiger partial charge < -0.3 is 4.74 Å². The van der Waals surface area contributed by atoms with Crippen LogP contribution in [0, 0.1) is 0 Å². The summed E-state index contributed by atoms with van der Waals surface area (Å²) in [7, 11) is 4.09. The van der Waals surface area contributed by atoms with Crippen molar-refractivity contribution in [3.05, 3.63) is 29.3 Å². The summed E-state index contributed by atoms with van der Waals surface area (Å²) >= 11 is 0. The van der Waals surface area contributed by atoms with Crippen molar-refractivity contribution in [3.8, 4) is 5.75 Å². The zero-order valence-electron chi connectivity index (χ0n) is 11.6. The molecule has 0 radical (unpaired) electrons. The van der Waals surface area contributed by atoms with Gasteiger partial charge in [0.1, 0.15) is 5.75 Å². The van der Waals surface area contributed by atoms with Crippen molar-refractivity contribution >= 4 is 0 Å². The highest BCUT2D eigenvalue weighted by molar-refractivity contribution is 5.44. The number of likely N-dealkylation sites (N-methyl/N-ethyl adjacent to an activating group) is 1. The molecule has 1 aromatic carbocycles. The Balaban J connectivity index is 1.89. The van der Waals surface area contributed by atoms with Crippen LogP contribution in [-0.2, 0) is 6.42 Å². The van der Waals surface area contributed by atoms with Crippen molar-refractivity contribution in [3.63, 3.8) is 0 Å². The van der Waals surface area contributed by atoms with Crippen molar-refractivity contribution in [2.45, 2.75) is 50.6 Å². The SMILES string of the molecule is COc1cccc2c1CC[C@H](N(C)C1CC1)[C@@H]2C. The van der Waals surface area contributed by atoms with Gasteiger partial charge in [0, 0.05) is 12.1 Å². The lowest BCUT2D eigenvalue weighted by atomic mass is 9.79. The molecule has 18 heavy (non-hydrogen) atoms. The maximum atomic E-state index is 5.50. The van der Waals surface area contributed by atoms with Gasteiger partial charge >= 0.3 is 0 Å². The second kappa shape index (κ2) is 4.58. The van der Waals surface area contributed by atoms with E-state index in [2.05, 4.69) is 37.1 Å². The summed E-state index contributed by atoms with van der Waals surface area (Å²) < 4.78 is 5.50. The average Bonchev–Trinajstić information content (AvgIpc) is 3.22. The van der Waals surface area contributed by atoms with E-state index in [4.69, 9.17) is 4.74 Å². The summed E-state index contributed by atoms with van der Waals surface area (Å²) in [6.45, 7) is 2.38. The van der Waals surface area contributed by atoms with Crippen LogP contribution in [0.4, 0.5) is 0 Å². The van der Waals surface area contributed by atoms with Crippen LogP contribution >= 0.6 is 0 Å². The van der Waals surface area contributed by atoms with E-state index >= 15 is 0 Å². The van der Waals surface area contributed by atoms with E-state index in [0.29, 0.717) is 12.0 Å². The lowest BCUT2D eigenvalue weighted by Crippen LogP contribution is -2.40. The summed E-state index contributed by atoms with van der Waals surface area (Å²) in [4.78, 5) is 2.62. The van der Waals surface area contributed by atoms with Gasteiger partial charge in [-0.05, 0) is 55.8 Å². The molecule has 2 aliphatic rings. The van der Waals surface area contributed by atoms with Crippen LogP contribution in [-0.4, -0.2) is 31.1 Å². The third-order valence-corrected chi connectivity index (χ3v) is 4.79. The Labute approximate surface area is 110 Å². The van der Waals surface area contributed by atoms with Gasteiger partial charge in [-0.25, -0.2) is 0 Å². The van der Waals surface area contributed by atoms with Crippen molar-refractivity contribution in [1.29, 1.82) is 0 Å². The number of methoxy groups -OCH3 is 1. The second-order valence-corrected chi connectivity index (χ2v) is 5.82. The standard InChI is InChI=1S/C16H23NO/c1-11-13-5-4-6-16(18-3)14(13)9-10-15(11)17(2)12-7-8-12/h4-6,11-12,15H,7-10H2,1-3H3/t11-,15+/m1/s1. The molecule has 1 aromatic rings. The van der Waals surface area contributed by atoms with Crippen molar-refractivity contribution in [1.82, 2.24) is 4.90 Å². The molecule has 1 fully saturated rings. The van der Waals surface area contributed by atoms with Gasteiger partial charge in [-0.1, -0.05) is 19.1 Å². The molecule has 98 valence electrons. The summed E-state index contributed by atoms with van der Waals surface area (Å²) in [5.41, 5.74) is 2.94. The maximum Gasteiger partial charge on any atom is 0.122 e. The molecule has 0 bridgehead atoms. The van der Waals surface area contributed by atoms with Crippen LogP contribution in [0.3, 0.4) is 0 Å². The van der Waals surface area contributed by atoms with Crippen LogP contribution in [0.5, 0.6) is 5.75 Å². The van der Waals surface area contributed by atoms with Gasteiger partial charge in [0.15, 0.2) is 0 Å². The van der Waals surface area contributed by atoms with Gasteiger partial charge in [0.25, 0.3) is 0 Å². The summed E-state index contributed by atoms with van der Waals surface area (Å²) in [6.07, 6.45) is 5.21. The van der Waals surface area contributed by atoms with Crippen molar-refractivity contribution in [2.24, 2.45) is 0 Å². The molecule has 0 saturated heterocycles. The lowest BCUT2D eigenvalue weighted by molar-refractivity contribution is 0.187. The predicted octanol–water partition coefficient (Wildman–Crippen LogP) is 3.21. The summed E-state index contributed by atoms with van der Waals surface area (Å²) in [6, 6.07) is 8.07. The quantitative estimate of drug-likeness (QED) is 0.811. The molecule has 2 aliphatic carbocycles. The molecule has 0 unspecified atom stereocenters. The van der Waals surface area contributed by atoms with Gasteiger partial charge in [0.05, 0.1) is 7.11 Å². The fraction of sp³-hybridized carbons (Fsp3) is 0.625. The van der Waals surface area contributed by atoms with E-state index in [1.165, 1.54) is 30.4 Å². The van der Waals surface area contributed by atoms with Gasteiger partial charge in [0.2, 0.25) is 0 Å². The lowest BCUT2D eigenvalue weighted by Gasteiger charge is -2.38. The van der Waals surface area contributed by atoms with Gasteiger partial charge in [-0.3, -0.25) is 4.90 Å². The Hall–Kier alpha value is -1.02. The van der Waals surface area contributed by atoms with Crippen LogP contribution in [0.1, 0.15) is 43.2 Å². The zero-order valence-corrected chi connectivity index (χ0v) is 11.6. The third-order valence-electron chi connectivity index (χ3n) is 4.79. The number of hydrogen-bond donors (Lipinski definition) is 0. The normalized spacial score (nSPS) is 27.1. The molecule has 1 saturated carbocycles. The largest absolute Gasteiger partial charge is 0.496 e. The van der Waals surface area contributed by atoms with E-state index in [-0.39, 0.29) is 0 Å². The first-order chi connectivity index (χ1) is 8.72. The Bertz CT molecular complexity index is 439. The molecule has 2 nitrogen and oxygen atoms in total. The fourth-order valence-electron chi connectivity index (χ4n) is 3.53. The summed E-state index contributed by atoms with van der Waals surface area (Å²) in [5, 5.41) is 0. The molecule has 0 aliphatic heterocycles. The highest BCUT2D eigenvalue weighted by Gasteiger charge is 2.36. The number of hydrogen-bond acceptors (Lipinski definition) is 2. The number of benzene rings is 1. The fourth-order valence-corrected chi connectivity index (χ4v) is 3.53. The Kier molecular flexibility index (Phi) is 3.06.